The van der Waals surface area contributed by atoms with Gasteiger partial charge in [0, 0.05) is 62.0 Å². The molecule has 6 heteroatoms. The molecule has 1 aliphatic rings. The van der Waals surface area contributed by atoms with E-state index in [0.717, 1.165) is 36.8 Å². The van der Waals surface area contributed by atoms with Gasteiger partial charge in [-0.25, -0.2) is 9.37 Å². The maximum Gasteiger partial charge on any atom is 0.127 e. The standard InChI is InChI=1S/C18H24FN3OS/c1-14-20-10-17(24-14)13-21-7-8-22(16(12-21)6-9-23)11-15-4-2-3-5-18(15)19/h2-5,10,16,23H,6-9,11-13H2,1H3. The van der Waals surface area contributed by atoms with Crippen molar-refractivity contribution in [3.8, 4) is 0 Å². The first-order valence-corrected chi connectivity index (χ1v) is 9.19. The molecule has 0 amide bonds. The molecule has 3 rings (SSSR count). The van der Waals surface area contributed by atoms with Gasteiger partial charge in [-0.3, -0.25) is 9.80 Å². The van der Waals surface area contributed by atoms with Crippen LogP contribution in [0.1, 0.15) is 21.9 Å². The van der Waals surface area contributed by atoms with E-state index in [0.29, 0.717) is 13.0 Å². The first-order valence-electron chi connectivity index (χ1n) is 8.37. The molecule has 0 aliphatic carbocycles. The lowest BCUT2D eigenvalue weighted by Crippen LogP contribution is -2.52. The van der Waals surface area contributed by atoms with E-state index in [1.165, 1.54) is 10.9 Å². The molecule has 2 aromatic rings. The van der Waals surface area contributed by atoms with Crippen LogP contribution in [-0.4, -0.2) is 52.2 Å². The molecule has 1 aromatic heterocycles. The highest BCUT2D eigenvalue weighted by Gasteiger charge is 2.27. The Balaban J connectivity index is 1.63. The van der Waals surface area contributed by atoms with Crippen molar-refractivity contribution in [3.05, 3.63) is 51.7 Å². The number of hydrogen-bond acceptors (Lipinski definition) is 5. The predicted octanol–water partition coefficient (Wildman–Crippen LogP) is 2.66. The normalized spacial score (nSPS) is 19.7. The molecular formula is C18H24FN3OS. The molecule has 0 radical (unpaired) electrons. The Kier molecular flexibility index (Phi) is 5.94. The van der Waals surface area contributed by atoms with Gasteiger partial charge >= 0.3 is 0 Å². The molecule has 1 saturated heterocycles. The van der Waals surface area contributed by atoms with Crippen LogP contribution in [-0.2, 0) is 13.1 Å². The number of aliphatic hydroxyl groups excluding tert-OH is 1. The molecule has 1 aromatic carbocycles. The van der Waals surface area contributed by atoms with E-state index >= 15 is 0 Å². The van der Waals surface area contributed by atoms with Gasteiger partial charge in [0.1, 0.15) is 5.82 Å². The monoisotopic (exact) mass is 349 g/mol. The van der Waals surface area contributed by atoms with E-state index in [1.807, 2.05) is 25.3 Å². The molecule has 0 saturated carbocycles. The van der Waals surface area contributed by atoms with Gasteiger partial charge in [-0.1, -0.05) is 18.2 Å². The minimum atomic E-state index is -0.150. The number of aliphatic hydroxyl groups is 1. The summed E-state index contributed by atoms with van der Waals surface area (Å²) >= 11 is 1.74. The van der Waals surface area contributed by atoms with Crippen LogP contribution in [0.2, 0.25) is 0 Å². The zero-order valence-electron chi connectivity index (χ0n) is 14.0. The molecule has 1 aliphatic heterocycles. The number of halogens is 1. The molecule has 24 heavy (non-hydrogen) atoms. The lowest BCUT2D eigenvalue weighted by Gasteiger charge is -2.41. The Morgan fingerprint density at radius 1 is 1.29 bits per heavy atom. The molecule has 2 heterocycles. The van der Waals surface area contributed by atoms with E-state index in [4.69, 9.17) is 0 Å². The van der Waals surface area contributed by atoms with Crippen molar-refractivity contribution >= 4 is 11.3 Å². The second kappa shape index (κ2) is 8.16. The maximum atomic E-state index is 13.9. The van der Waals surface area contributed by atoms with Gasteiger partial charge in [0.2, 0.25) is 0 Å². The fourth-order valence-electron chi connectivity index (χ4n) is 3.28. The van der Waals surface area contributed by atoms with Gasteiger partial charge < -0.3 is 5.11 Å². The number of nitrogens with zero attached hydrogens (tertiary/aromatic N) is 3. The summed E-state index contributed by atoms with van der Waals surface area (Å²) in [5, 5.41) is 10.5. The topological polar surface area (TPSA) is 39.6 Å². The fraction of sp³-hybridized carbons (Fsp3) is 0.500. The summed E-state index contributed by atoms with van der Waals surface area (Å²) in [6.45, 7) is 6.42. The van der Waals surface area contributed by atoms with E-state index in [1.54, 1.807) is 17.4 Å². The van der Waals surface area contributed by atoms with Gasteiger partial charge in [0.05, 0.1) is 5.01 Å². The number of aryl methyl sites for hydroxylation is 1. The van der Waals surface area contributed by atoms with Crippen molar-refractivity contribution < 1.29 is 9.50 Å². The van der Waals surface area contributed by atoms with E-state index in [-0.39, 0.29) is 18.5 Å². The lowest BCUT2D eigenvalue weighted by molar-refractivity contribution is 0.0497. The Hall–Kier alpha value is -1.34. The van der Waals surface area contributed by atoms with Crippen molar-refractivity contribution in [3.63, 3.8) is 0 Å². The zero-order chi connectivity index (χ0) is 16.9. The highest BCUT2D eigenvalue weighted by Crippen LogP contribution is 2.21. The first-order chi connectivity index (χ1) is 11.7. The molecule has 130 valence electrons. The van der Waals surface area contributed by atoms with Crippen molar-refractivity contribution in [1.82, 2.24) is 14.8 Å². The first kappa shape index (κ1) is 17.5. The SMILES string of the molecule is Cc1ncc(CN2CCN(Cc3ccccc3F)C(CCO)C2)s1. The Bertz CT molecular complexity index is 663. The quantitative estimate of drug-likeness (QED) is 0.870. The average Bonchev–Trinajstić information content (AvgIpc) is 2.97. The second-order valence-corrected chi connectivity index (χ2v) is 7.63. The highest BCUT2D eigenvalue weighted by atomic mass is 32.1. The van der Waals surface area contributed by atoms with Crippen LogP contribution in [0.5, 0.6) is 0 Å². The fourth-order valence-corrected chi connectivity index (χ4v) is 4.11. The number of hydrogen-bond donors (Lipinski definition) is 1. The van der Waals surface area contributed by atoms with Gasteiger partial charge in [0.15, 0.2) is 0 Å². The largest absolute Gasteiger partial charge is 0.396 e. The third-order valence-electron chi connectivity index (χ3n) is 4.53. The number of thiazole rings is 1. The summed E-state index contributed by atoms with van der Waals surface area (Å²) < 4.78 is 13.9. The van der Waals surface area contributed by atoms with Gasteiger partial charge in [-0.2, -0.15) is 0 Å². The summed E-state index contributed by atoms with van der Waals surface area (Å²) in [7, 11) is 0. The lowest BCUT2D eigenvalue weighted by atomic mass is 10.1. The van der Waals surface area contributed by atoms with Crippen LogP contribution in [0.4, 0.5) is 4.39 Å². The second-order valence-electron chi connectivity index (χ2n) is 6.31. The smallest absolute Gasteiger partial charge is 0.127 e. The third-order valence-corrected chi connectivity index (χ3v) is 5.43. The molecule has 1 unspecified atom stereocenters. The van der Waals surface area contributed by atoms with Crippen molar-refractivity contribution in [2.75, 3.05) is 26.2 Å². The summed E-state index contributed by atoms with van der Waals surface area (Å²) in [4.78, 5) is 10.3. The molecule has 4 nitrogen and oxygen atoms in total. The van der Waals surface area contributed by atoms with Crippen LogP contribution in [0, 0.1) is 12.7 Å². The molecule has 1 atom stereocenters. The van der Waals surface area contributed by atoms with E-state index < -0.39 is 0 Å². The average molecular weight is 349 g/mol. The Morgan fingerprint density at radius 3 is 2.83 bits per heavy atom. The molecule has 0 spiro atoms. The van der Waals surface area contributed by atoms with Crippen LogP contribution >= 0.6 is 11.3 Å². The molecular weight excluding hydrogens is 325 g/mol. The van der Waals surface area contributed by atoms with Crippen LogP contribution in [0.3, 0.4) is 0 Å². The van der Waals surface area contributed by atoms with Crippen LogP contribution in [0.25, 0.3) is 0 Å². The molecule has 0 bridgehead atoms. The molecule has 1 N–H and O–H groups in total. The van der Waals surface area contributed by atoms with Crippen molar-refractivity contribution in [1.29, 1.82) is 0 Å². The van der Waals surface area contributed by atoms with Gasteiger partial charge in [-0.15, -0.1) is 11.3 Å². The van der Waals surface area contributed by atoms with Crippen LogP contribution < -0.4 is 0 Å². The molecule has 1 fully saturated rings. The number of rotatable bonds is 6. The summed E-state index contributed by atoms with van der Waals surface area (Å²) in [6, 6.07) is 7.20. The minimum absolute atomic E-state index is 0.150. The summed E-state index contributed by atoms with van der Waals surface area (Å²) in [6.07, 6.45) is 2.67. The predicted molar refractivity (Wildman–Crippen MR) is 94.4 cm³/mol. The van der Waals surface area contributed by atoms with Crippen molar-refractivity contribution in [2.24, 2.45) is 0 Å². The maximum absolute atomic E-state index is 13.9. The third kappa shape index (κ3) is 4.39. The Labute approximate surface area is 146 Å². The zero-order valence-corrected chi connectivity index (χ0v) is 14.8. The minimum Gasteiger partial charge on any atom is -0.396 e. The summed E-state index contributed by atoms with van der Waals surface area (Å²) in [5.41, 5.74) is 0.729. The summed E-state index contributed by atoms with van der Waals surface area (Å²) in [5.74, 6) is -0.150. The van der Waals surface area contributed by atoms with E-state index in [2.05, 4.69) is 14.8 Å². The van der Waals surface area contributed by atoms with Gasteiger partial charge in [-0.05, 0) is 19.4 Å². The number of piperazine rings is 1. The van der Waals surface area contributed by atoms with Gasteiger partial charge in [0.25, 0.3) is 0 Å². The van der Waals surface area contributed by atoms with Crippen LogP contribution in [0.15, 0.2) is 30.5 Å². The Morgan fingerprint density at radius 2 is 2.12 bits per heavy atom. The van der Waals surface area contributed by atoms with Crippen molar-refractivity contribution in [2.45, 2.75) is 32.5 Å². The van der Waals surface area contributed by atoms with E-state index in [9.17, 15) is 9.50 Å². The highest BCUT2D eigenvalue weighted by molar-refractivity contribution is 7.11. The number of benzene rings is 1. The number of aromatic nitrogens is 1.